The van der Waals surface area contributed by atoms with Gasteiger partial charge in [-0.05, 0) is 36.5 Å². The second-order valence-corrected chi connectivity index (χ2v) is 5.40. The van der Waals surface area contributed by atoms with E-state index in [0.29, 0.717) is 10.8 Å². The summed E-state index contributed by atoms with van der Waals surface area (Å²) in [5.41, 5.74) is 0. The fraction of sp³-hybridized carbons (Fsp3) is 0.636. The fourth-order valence-electron chi connectivity index (χ4n) is 1.40. The van der Waals surface area contributed by atoms with Crippen molar-refractivity contribution in [1.29, 1.82) is 0 Å². The Morgan fingerprint density at radius 2 is 2.00 bits per heavy atom. The number of unbranched alkanes of at least 4 members (excludes halogenated alkanes) is 3. The topological polar surface area (TPSA) is 37.8 Å². The van der Waals surface area contributed by atoms with Crippen LogP contribution in [0.3, 0.4) is 0 Å². The molecule has 0 saturated heterocycles. The van der Waals surface area contributed by atoms with Gasteiger partial charge < -0.3 is 5.32 Å². The van der Waals surface area contributed by atoms with Gasteiger partial charge in [-0.2, -0.15) is 16.7 Å². The zero-order chi connectivity index (χ0) is 12.5. The van der Waals surface area contributed by atoms with Crippen molar-refractivity contribution in [3.05, 3.63) is 16.5 Å². The number of aromatic nitrogens is 2. The molecule has 1 N–H and O–H groups in total. The first kappa shape index (κ1) is 14.9. The van der Waals surface area contributed by atoms with Gasteiger partial charge in [0.1, 0.15) is 10.8 Å². The lowest BCUT2D eigenvalue weighted by molar-refractivity contribution is 0.688. The largest absolute Gasteiger partial charge is 0.369 e. The zero-order valence-corrected chi connectivity index (χ0v) is 12.2. The van der Waals surface area contributed by atoms with Gasteiger partial charge in [0, 0.05) is 6.54 Å². The maximum absolute atomic E-state index is 5.93. The average molecular weight is 294 g/mol. The van der Waals surface area contributed by atoms with Crippen molar-refractivity contribution >= 4 is 40.8 Å². The Morgan fingerprint density at radius 1 is 1.24 bits per heavy atom. The Hall–Kier alpha value is -0.190. The Morgan fingerprint density at radius 3 is 2.76 bits per heavy atom. The number of nitrogens with one attached hydrogen (secondary N) is 1. The molecule has 0 unspecified atom stereocenters. The SMILES string of the molecule is CSCCCCCCNc1nc(Cl)ncc1Cl. The van der Waals surface area contributed by atoms with E-state index in [4.69, 9.17) is 23.2 Å². The van der Waals surface area contributed by atoms with Crippen molar-refractivity contribution < 1.29 is 0 Å². The molecule has 17 heavy (non-hydrogen) atoms. The van der Waals surface area contributed by atoms with Gasteiger partial charge in [0.25, 0.3) is 0 Å². The molecular weight excluding hydrogens is 277 g/mol. The van der Waals surface area contributed by atoms with E-state index in [1.165, 1.54) is 31.2 Å². The van der Waals surface area contributed by atoms with Crippen LogP contribution in [0.1, 0.15) is 25.7 Å². The summed E-state index contributed by atoms with van der Waals surface area (Å²) in [4.78, 5) is 7.83. The van der Waals surface area contributed by atoms with E-state index in [0.717, 1.165) is 13.0 Å². The van der Waals surface area contributed by atoms with Crippen molar-refractivity contribution in [2.75, 3.05) is 23.9 Å². The molecule has 1 aromatic rings. The molecule has 1 heterocycles. The van der Waals surface area contributed by atoms with Gasteiger partial charge in [-0.25, -0.2) is 4.98 Å². The van der Waals surface area contributed by atoms with Crippen LogP contribution in [0.5, 0.6) is 0 Å². The lowest BCUT2D eigenvalue weighted by atomic mass is 10.2. The molecule has 3 nitrogen and oxygen atoms in total. The number of rotatable bonds is 8. The number of hydrogen-bond acceptors (Lipinski definition) is 4. The Kier molecular flexibility index (Phi) is 7.73. The highest BCUT2D eigenvalue weighted by Crippen LogP contribution is 2.19. The highest BCUT2D eigenvalue weighted by atomic mass is 35.5. The number of anilines is 1. The molecular formula is C11H17Cl2N3S. The van der Waals surface area contributed by atoms with Crippen molar-refractivity contribution in [1.82, 2.24) is 9.97 Å². The third-order valence-electron chi connectivity index (χ3n) is 2.28. The first-order chi connectivity index (χ1) is 8.24. The van der Waals surface area contributed by atoms with E-state index in [1.807, 2.05) is 11.8 Å². The van der Waals surface area contributed by atoms with Gasteiger partial charge in [0.2, 0.25) is 5.28 Å². The second-order valence-electron chi connectivity index (χ2n) is 3.67. The van der Waals surface area contributed by atoms with Gasteiger partial charge in [0.15, 0.2) is 0 Å². The molecule has 1 aromatic heterocycles. The molecule has 0 atom stereocenters. The summed E-state index contributed by atoms with van der Waals surface area (Å²) in [6.45, 7) is 0.867. The summed E-state index contributed by atoms with van der Waals surface area (Å²) >= 11 is 13.5. The minimum Gasteiger partial charge on any atom is -0.369 e. The predicted molar refractivity (Wildman–Crippen MR) is 77.4 cm³/mol. The van der Waals surface area contributed by atoms with E-state index < -0.39 is 0 Å². The molecule has 0 spiro atoms. The molecule has 0 bridgehead atoms. The maximum Gasteiger partial charge on any atom is 0.224 e. The van der Waals surface area contributed by atoms with Gasteiger partial charge in [-0.15, -0.1) is 0 Å². The van der Waals surface area contributed by atoms with E-state index in [2.05, 4.69) is 21.5 Å². The van der Waals surface area contributed by atoms with Crippen LogP contribution < -0.4 is 5.32 Å². The molecule has 0 aliphatic carbocycles. The first-order valence-corrected chi connectivity index (χ1v) is 7.80. The lowest BCUT2D eigenvalue weighted by Crippen LogP contribution is -2.04. The Balaban J connectivity index is 2.15. The molecule has 0 fully saturated rings. The normalized spacial score (nSPS) is 10.5. The Labute approximate surface area is 117 Å². The molecule has 0 radical (unpaired) electrons. The van der Waals surface area contributed by atoms with Crippen LogP contribution in [0.2, 0.25) is 10.3 Å². The summed E-state index contributed by atoms with van der Waals surface area (Å²) in [5, 5.41) is 3.90. The van der Waals surface area contributed by atoms with Gasteiger partial charge in [0.05, 0.1) is 6.20 Å². The molecule has 1 rings (SSSR count). The van der Waals surface area contributed by atoms with Gasteiger partial charge in [-0.1, -0.05) is 24.4 Å². The number of halogens is 2. The lowest BCUT2D eigenvalue weighted by Gasteiger charge is -2.06. The third kappa shape index (κ3) is 6.34. The van der Waals surface area contributed by atoms with E-state index >= 15 is 0 Å². The summed E-state index contributed by atoms with van der Waals surface area (Å²) in [6, 6.07) is 0. The maximum atomic E-state index is 5.93. The highest BCUT2D eigenvalue weighted by Gasteiger charge is 2.02. The van der Waals surface area contributed by atoms with Crippen LogP contribution in [0, 0.1) is 0 Å². The third-order valence-corrected chi connectivity index (χ3v) is 3.44. The fourth-order valence-corrected chi connectivity index (χ4v) is 2.19. The van der Waals surface area contributed by atoms with Crippen LogP contribution in [-0.4, -0.2) is 28.5 Å². The number of nitrogens with zero attached hydrogens (tertiary/aromatic N) is 2. The molecule has 0 amide bonds. The van der Waals surface area contributed by atoms with Gasteiger partial charge >= 0.3 is 0 Å². The molecule has 6 heteroatoms. The van der Waals surface area contributed by atoms with E-state index in [9.17, 15) is 0 Å². The highest BCUT2D eigenvalue weighted by molar-refractivity contribution is 7.98. The molecule has 0 aliphatic rings. The van der Waals surface area contributed by atoms with Crippen molar-refractivity contribution in [3.8, 4) is 0 Å². The first-order valence-electron chi connectivity index (χ1n) is 5.65. The predicted octanol–water partition coefficient (Wildman–Crippen LogP) is 4.12. The van der Waals surface area contributed by atoms with E-state index in [-0.39, 0.29) is 5.28 Å². The standard InChI is InChI=1S/C11H17Cl2N3S/c1-17-7-5-3-2-4-6-14-10-9(12)8-15-11(13)16-10/h8H,2-7H2,1H3,(H,14,15,16). The van der Waals surface area contributed by atoms with Crippen LogP contribution in [-0.2, 0) is 0 Å². The minimum atomic E-state index is 0.219. The van der Waals surface area contributed by atoms with E-state index in [1.54, 1.807) is 0 Å². The Bertz CT molecular complexity index is 336. The van der Waals surface area contributed by atoms with Crippen molar-refractivity contribution in [2.45, 2.75) is 25.7 Å². The number of thioether (sulfide) groups is 1. The quantitative estimate of drug-likeness (QED) is 0.578. The van der Waals surface area contributed by atoms with Crippen LogP contribution in [0.15, 0.2) is 6.20 Å². The number of hydrogen-bond donors (Lipinski definition) is 1. The summed E-state index contributed by atoms with van der Waals surface area (Å²) in [7, 11) is 0. The summed E-state index contributed by atoms with van der Waals surface area (Å²) < 4.78 is 0. The van der Waals surface area contributed by atoms with Crippen LogP contribution in [0.25, 0.3) is 0 Å². The monoisotopic (exact) mass is 293 g/mol. The van der Waals surface area contributed by atoms with Crippen molar-refractivity contribution in [3.63, 3.8) is 0 Å². The molecule has 0 saturated carbocycles. The molecule has 0 aliphatic heterocycles. The second kappa shape index (κ2) is 8.84. The average Bonchev–Trinajstić information content (AvgIpc) is 2.32. The molecule has 96 valence electrons. The summed E-state index contributed by atoms with van der Waals surface area (Å²) in [6.07, 6.45) is 8.57. The molecule has 0 aromatic carbocycles. The minimum absolute atomic E-state index is 0.219. The van der Waals surface area contributed by atoms with Crippen molar-refractivity contribution in [2.24, 2.45) is 0 Å². The van der Waals surface area contributed by atoms with Crippen LogP contribution in [0.4, 0.5) is 5.82 Å². The zero-order valence-electron chi connectivity index (χ0n) is 9.88. The smallest absolute Gasteiger partial charge is 0.224 e. The summed E-state index contributed by atoms with van der Waals surface area (Å²) in [5.74, 6) is 1.87. The van der Waals surface area contributed by atoms with Crippen LogP contribution >= 0.6 is 35.0 Å². The van der Waals surface area contributed by atoms with Gasteiger partial charge in [-0.3, -0.25) is 0 Å².